The lowest BCUT2D eigenvalue weighted by molar-refractivity contribution is -0.120. The summed E-state index contributed by atoms with van der Waals surface area (Å²) in [5.41, 5.74) is 4.64. The Morgan fingerprint density at radius 2 is 1.85 bits per heavy atom. The number of halogens is 1. The van der Waals surface area contributed by atoms with Gasteiger partial charge >= 0.3 is 0 Å². The fourth-order valence-corrected chi connectivity index (χ4v) is 7.03. The normalized spacial score (nSPS) is 19.9. The molecule has 7 nitrogen and oxygen atoms in total. The second-order valence-corrected chi connectivity index (χ2v) is 12.9. The molecule has 0 bridgehead atoms. The third-order valence-corrected chi connectivity index (χ3v) is 9.76. The quantitative estimate of drug-likeness (QED) is 0.300. The van der Waals surface area contributed by atoms with Crippen molar-refractivity contribution in [3.8, 4) is 0 Å². The monoisotopic (exact) mass is 572 g/mol. The van der Waals surface area contributed by atoms with Crippen LogP contribution in [0.25, 0.3) is 0 Å². The highest BCUT2D eigenvalue weighted by atomic mass is 32.2. The molecule has 1 saturated carbocycles. The van der Waals surface area contributed by atoms with Gasteiger partial charge in [-0.05, 0) is 91.6 Å². The van der Waals surface area contributed by atoms with Gasteiger partial charge in [0.1, 0.15) is 11.6 Å². The SMILES string of the molecule is Cc1ccc(S(=O)(=O)N[C@H]2CCCc3ccc(N(Cc4nccn4C)C(=O)[C@H]4C[C@@H]4c4ccc(F)cc4)cc32)cc1. The molecule has 1 amide bonds. The van der Waals surface area contributed by atoms with Gasteiger partial charge in [0.15, 0.2) is 0 Å². The third-order valence-electron chi connectivity index (χ3n) is 8.28. The first kappa shape index (κ1) is 27.4. The number of nitrogens with one attached hydrogen (secondary N) is 1. The number of aryl methyl sites for hydroxylation is 3. The Labute approximate surface area is 240 Å². The van der Waals surface area contributed by atoms with Crippen LogP contribution in [0.15, 0.2) is 84.0 Å². The molecule has 1 N–H and O–H groups in total. The molecule has 0 spiro atoms. The van der Waals surface area contributed by atoms with E-state index in [2.05, 4.69) is 9.71 Å². The maximum atomic E-state index is 14.0. The van der Waals surface area contributed by atoms with E-state index in [1.54, 1.807) is 47.5 Å². The summed E-state index contributed by atoms with van der Waals surface area (Å²) in [6, 6.07) is 18.7. The third kappa shape index (κ3) is 5.69. The Bertz CT molecular complexity index is 1680. The van der Waals surface area contributed by atoms with Crippen LogP contribution in [0.2, 0.25) is 0 Å². The largest absolute Gasteiger partial charge is 0.337 e. The Kier molecular flexibility index (Phi) is 7.25. The lowest BCUT2D eigenvalue weighted by atomic mass is 9.87. The number of nitrogens with zero attached hydrogens (tertiary/aromatic N) is 3. The zero-order valence-corrected chi connectivity index (χ0v) is 23.9. The molecule has 0 radical (unpaired) electrons. The van der Waals surface area contributed by atoms with Gasteiger partial charge in [-0.2, -0.15) is 0 Å². The topological polar surface area (TPSA) is 84.3 Å². The summed E-state index contributed by atoms with van der Waals surface area (Å²) in [6.07, 6.45) is 6.64. The molecule has 2 aliphatic carbocycles. The van der Waals surface area contributed by atoms with E-state index in [1.165, 1.54) is 12.1 Å². The molecule has 9 heteroatoms. The molecular weight excluding hydrogens is 539 g/mol. The summed E-state index contributed by atoms with van der Waals surface area (Å²) in [4.78, 5) is 20.4. The second kappa shape index (κ2) is 10.9. The van der Waals surface area contributed by atoms with Gasteiger partial charge in [0.05, 0.1) is 11.4 Å². The van der Waals surface area contributed by atoms with Crippen molar-refractivity contribution in [3.63, 3.8) is 0 Å². The van der Waals surface area contributed by atoms with Gasteiger partial charge < -0.3 is 9.47 Å². The maximum Gasteiger partial charge on any atom is 0.241 e. The molecule has 41 heavy (non-hydrogen) atoms. The first-order valence-electron chi connectivity index (χ1n) is 13.9. The maximum absolute atomic E-state index is 14.0. The highest BCUT2D eigenvalue weighted by Crippen LogP contribution is 2.49. The summed E-state index contributed by atoms with van der Waals surface area (Å²) >= 11 is 0. The van der Waals surface area contributed by atoms with Gasteiger partial charge in [-0.3, -0.25) is 4.79 Å². The number of sulfonamides is 1. The lowest BCUT2D eigenvalue weighted by Gasteiger charge is -2.29. The van der Waals surface area contributed by atoms with Crippen molar-refractivity contribution in [2.24, 2.45) is 13.0 Å². The number of hydrogen-bond acceptors (Lipinski definition) is 4. The van der Waals surface area contributed by atoms with Gasteiger partial charge in [-0.25, -0.2) is 22.5 Å². The zero-order valence-electron chi connectivity index (χ0n) is 23.1. The van der Waals surface area contributed by atoms with Crippen LogP contribution in [0.5, 0.6) is 0 Å². The van der Waals surface area contributed by atoms with Crippen molar-refractivity contribution in [1.29, 1.82) is 0 Å². The van der Waals surface area contributed by atoms with Crippen molar-refractivity contribution < 1.29 is 17.6 Å². The molecule has 4 aromatic rings. The smallest absolute Gasteiger partial charge is 0.241 e. The number of carbonyl (C=O) groups excluding carboxylic acids is 1. The van der Waals surface area contributed by atoms with Crippen molar-refractivity contribution >= 4 is 21.6 Å². The number of fused-ring (bicyclic) bond motifs is 1. The lowest BCUT2D eigenvalue weighted by Crippen LogP contribution is -2.34. The van der Waals surface area contributed by atoms with Crippen LogP contribution in [-0.4, -0.2) is 23.9 Å². The van der Waals surface area contributed by atoms with E-state index >= 15 is 0 Å². The first-order valence-corrected chi connectivity index (χ1v) is 15.4. The average molecular weight is 573 g/mol. The van der Waals surface area contributed by atoms with Gasteiger partial charge in [-0.1, -0.05) is 35.9 Å². The Hall–Kier alpha value is -3.82. The van der Waals surface area contributed by atoms with Gasteiger partial charge in [-0.15, -0.1) is 0 Å². The highest BCUT2D eigenvalue weighted by molar-refractivity contribution is 7.89. The molecule has 0 saturated heterocycles. The van der Waals surface area contributed by atoms with E-state index in [-0.39, 0.29) is 35.0 Å². The predicted molar refractivity (Wildman–Crippen MR) is 155 cm³/mol. The van der Waals surface area contributed by atoms with Gasteiger partial charge in [0.2, 0.25) is 15.9 Å². The van der Waals surface area contributed by atoms with Crippen LogP contribution in [-0.2, 0) is 34.8 Å². The molecule has 6 rings (SSSR count). The summed E-state index contributed by atoms with van der Waals surface area (Å²) < 4.78 is 44.9. The van der Waals surface area contributed by atoms with Crippen LogP contribution < -0.4 is 9.62 Å². The van der Waals surface area contributed by atoms with Crippen LogP contribution in [0, 0.1) is 18.7 Å². The number of amides is 1. The van der Waals surface area contributed by atoms with Crippen molar-refractivity contribution in [3.05, 3.63) is 113 Å². The Balaban J connectivity index is 1.31. The number of imidazole rings is 1. The molecule has 0 unspecified atom stereocenters. The predicted octanol–water partition coefficient (Wildman–Crippen LogP) is 5.56. The number of aromatic nitrogens is 2. The number of hydrogen-bond donors (Lipinski definition) is 1. The second-order valence-electron chi connectivity index (χ2n) is 11.1. The molecule has 3 aromatic carbocycles. The number of rotatable bonds is 8. The molecule has 212 valence electrons. The number of carbonyl (C=O) groups is 1. The summed E-state index contributed by atoms with van der Waals surface area (Å²) in [6.45, 7) is 2.21. The first-order chi connectivity index (χ1) is 19.7. The van der Waals surface area contributed by atoms with E-state index in [0.29, 0.717) is 18.5 Å². The van der Waals surface area contributed by atoms with Crippen molar-refractivity contribution in [1.82, 2.24) is 14.3 Å². The van der Waals surface area contributed by atoms with Crippen LogP contribution >= 0.6 is 0 Å². The molecule has 1 heterocycles. The van der Waals surface area contributed by atoms with E-state index in [4.69, 9.17) is 0 Å². The molecule has 1 aromatic heterocycles. The minimum absolute atomic E-state index is 0.0186. The molecule has 3 atom stereocenters. The molecule has 2 aliphatic rings. The summed E-state index contributed by atoms with van der Waals surface area (Å²) in [5, 5.41) is 0. The minimum atomic E-state index is -3.73. The van der Waals surface area contributed by atoms with E-state index in [9.17, 15) is 17.6 Å². The van der Waals surface area contributed by atoms with Gasteiger partial charge in [0, 0.05) is 37.1 Å². The zero-order chi connectivity index (χ0) is 28.7. The fraction of sp³-hybridized carbons (Fsp3) is 0.312. The van der Waals surface area contributed by atoms with Crippen molar-refractivity contribution in [2.45, 2.75) is 56.0 Å². The molecule has 0 aliphatic heterocycles. The van der Waals surface area contributed by atoms with Gasteiger partial charge in [0.25, 0.3) is 0 Å². The summed E-state index contributed by atoms with van der Waals surface area (Å²) in [5.74, 6) is 0.253. The van der Waals surface area contributed by atoms with E-state index < -0.39 is 16.1 Å². The van der Waals surface area contributed by atoms with Crippen LogP contribution in [0.4, 0.5) is 10.1 Å². The minimum Gasteiger partial charge on any atom is -0.337 e. The highest BCUT2D eigenvalue weighted by Gasteiger charge is 2.46. The fourth-order valence-electron chi connectivity index (χ4n) is 5.78. The number of benzene rings is 3. The van der Waals surface area contributed by atoms with Crippen molar-refractivity contribution in [2.75, 3.05) is 4.90 Å². The van der Waals surface area contributed by atoms with E-state index in [0.717, 1.165) is 40.9 Å². The average Bonchev–Trinajstić information content (AvgIpc) is 3.66. The standard InChI is InChI=1S/C32H33FN4O3S/c1-21-6-14-26(15-7-21)41(39,40)35-30-5-3-4-22-10-13-25(18-28(22)30)37(20-31-34-16-17-36(31)2)32(38)29-19-27(29)23-8-11-24(33)12-9-23/h6-18,27,29-30,35H,3-5,19-20H2,1-2H3/t27-,29+,30+/m1/s1. The molecular formula is C32H33FN4O3S. The Morgan fingerprint density at radius 1 is 1.10 bits per heavy atom. The van der Waals surface area contributed by atoms with Crippen LogP contribution in [0.3, 0.4) is 0 Å². The number of anilines is 1. The van der Waals surface area contributed by atoms with Crippen LogP contribution in [0.1, 0.15) is 59.3 Å². The summed E-state index contributed by atoms with van der Waals surface area (Å²) in [7, 11) is -1.84. The molecule has 1 fully saturated rings. The van der Waals surface area contributed by atoms with E-state index in [1.807, 2.05) is 42.9 Å². The Morgan fingerprint density at radius 3 is 2.56 bits per heavy atom.